The number of thiophene rings is 1. The van der Waals surface area contributed by atoms with Crippen molar-refractivity contribution in [2.24, 2.45) is 5.92 Å². The van der Waals surface area contributed by atoms with E-state index in [0.29, 0.717) is 29.4 Å². The molecule has 0 saturated carbocycles. The highest BCUT2D eigenvalue weighted by molar-refractivity contribution is 7.13. The molecule has 6 nitrogen and oxygen atoms in total. The average Bonchev–Trinajstić information content (AvgIpc) is 3.36. The van der Waals surface area contributed by atoms with Crippen LogP contribution in [-0.4, -0.2) is 27.6 Å². The van der Waals surface area contributed by atoms with Crippen molar-refractivity contribution < 1.29 is 13.7 Å². The van der Waals surface area contributed by atoms with Crippen molar-refractivity contribution in [3.05, 3.63) is 64.7 Å². The van der Waals surface area contributed by atoms with Crippen LogP contribution in [0, 0.1) is 11.7 Å². The largest absolute Gasteiger partial charge is 0.334 e. The van der Waals surface area contributed by atoms with E-state index < -0.39 is 6.04 Å². The number of nitrogens with one attached hydrogen (secondary N) is 1. The number of carbonyl (C=O) groups is 1. The first-order valence-corrected chi connectivity index (χ1v) is 10.2. The van der Waals surface area contributed by atoms with Crippen LogP contribution in [-0.2, 0) is 0 Å². The van der Waals surface area contributed by atoms with Crippen molar-refractivity contribution in [1.82, 2.24) is 20.4 Å². The third-order valence-electron chi connectivity index (χ3n) is 4.72. The van der Waals surface area contributed by atoms with Crippen LogP contribution in [0.1, 0.15) is 38.3 Å². The molecule has 3 heterocycles. The van der Waals surface area contributed by atoms with E-state index >= 15 is 0 Å². The number of carbonyl (C=O) groups excluding carboxylic acids is 1. The van der Waals surface area contributed by atoms with Crippen LogP contribution in [0.3, 0.4) is 0 Å². The molecule has 1 atom stereocenters. The Balaban J connectivity index is 1.83. The molecular weight excluding hydrogens is 391 g/mol. The zero-order chi connectivity index (χ0) is 20.5. The summed E-state index contributed by atoms with van der Waals surface area (Å²) < 4.78 is 19.5. The van der Waals surface area contributed by atoms with Crippen LogP contribution >= 0.6 is 11.3 Å². The minimum Gasteiger partial charge on any atom is -0.334 e. The van der Waals surface area contributed by atoms with E-state index in [2.05, 4.69) is 15.5 Å². The number of benzene rings is 1. The molecule has 1 N–H and O–H groups in total. The Morgan fingerprint density at radius 1 is 1.31 bits per heavy atom. The van der Waals surface area contributed by atoms with Crippen LogP contribution in [0.15, 0.2) is 52.0 Å². The van der Waals surface area contributed by atoms with Gasteiger partial charge in [-0.1, -0.05) is 37.2 Å². The number of halogens is 1. The van der Waals surface area contributed by atoms with Crippen LogP contribution in [0.5, 0.6) is 0 Å². The maximum Gasteiger partial charge on any atom is 0.322 e. The van der Waals surface area contributed by atoms with Gasteiger partial charge in [0.2, 0.25) is 5.82 Å². The Kier molecular flexibility index (Phi) is 5.19. The van der Waals surface area contributed by atoms with Gasteiger partial charge in [0.1, 0.15) is 5.82 Å². The van der Waals surface area contributed by atoms with Crippen LogP contribution in [0.2, 0.25) is 0 Å². The molecule has 29 heavy (non-hydrogen) atoms. The van der Waals surface area contributed by atoms with Crippen molar-refractivity contribution in [2.45, 2.75) is 26.8 Å². The van der Waals surface area contributed by atoms with Gasteiger partial charge in [-0.3, -0.25) is 4.90 Å². The second-order valence-corrected chi connectivity index (χ2v) is 8.29. The fourth-order valence-corrected chi connectivity index (χ4v) is 4.07. The Labute approximate surface area is 172 Å². The number of nitrogens with zero attached hydrogens (tertiary/aromatic N) is 3. The van der Waals surface area contributed by atoms with E-state index in [0.717, 1.165) is 10.6 Å². The van der Waals surface area contributed by atoms with Crippen molar-refractivity contribution in [3.8, 4) is 10.7 Å². The summed E-state index contributed by atoms with van der Waals surface area (Å²) in [6.07, 6.45) is 0. The molecule has 0 aliphatic carbocycles. The normalized spacial score (nSPS) is 17.2. The van der Waals surface area contributed by atoms with Gasteiger partial charge in [0.05, 0.1) is 16.5 Å². The van der Waals surface area contributed by atoms with Crippen molar-refractivity contribution in [1.29, 1.82) is 0 Å². The van der Waals surface area contributed by atoms with E-state index in [1.807, 2.05) is 38.3 Å². The topological polar surface area (TPSA) is 71.3 Å². The summed E-state index contributed by atoms with van der Waals surface area (Å²) >= 11 is 1.51. The summed E-state index contributed by atoms with van der Waals surface area (Å²) in [6.45, 7) is 6.49. The Morgan fingerprint density at radius 3 is 2.83 bits per heavy atom. The number of hydrogen-bond donors (Lipinski definition) is 1. The predicted octanol–water partition coefficient (Wildman–Crippen LogP) is 5.09. The maximum absolute atomic E-state index is 13.9. The van der Waals surface area contributed by atoms with Gasteiger partial charge in [0, 0.05) is 12.2 Å². The monoisotopic (exact) mass is 412 g/mol. The lowest BCUT2D eigenvalue weighted by Crippen LogP contribution is -2.47. The SMILES string of the molecule is CC1=C(c2nc(-c3cccs3)no2)C(c2cccc(F)c2)NC(=O)N1CC(C)C. The van der Waals surface area contributed by atoms with E-state index in [-0.39, 0.29) is 17.8 Å². The van der Waals surface area contributed by atoms with Crippen molar-refractivity contribution in [2.75, 3.05) is 6.54 Å². The van der Waals surface area contributed by atoms with Gasteiger partial charge in [0.25, 0.3) is 5.89 Å². The summed E-state index contributed by atoms with van der Waals surface area (Å²) in [5.74, 6) is 0.699. The molecule has 150 valence electrons. The fraction of sp³-hybridized carbons (Fsp3) is 0.286. The van der Waals surface area contributed by atoms with Gasteiger partial charge in [-0.25, -0.2) is 9.18 Å². The summed E-state index contributed by atoms with van der Waals surface area (Å²) in [5, 5.41) is 9.02. The molecule has 4 rings (SSSR count). The Bertz CT molecular complexity index is 1060. The first kappa shape index (κ1) is 19.3. The summed E-state index contributed by atoms with van der Waals surface area (Å²) in [7, 11) is 0. The highest BCUT2D eigenvalue weighted by Gasteiger charge is 2.36. The van der Waals surface area contributed by atoms with Crippen LogP contribution in [0.25, 0.3) is 16.3 Å². The third kappa shape index (κ3) is 3.80. The number of hydrogen-bond acceptors (Lipinski definition) is 5. The molecule has 2 amide bonds. The summed E-state index contributed by atoms with van der Waals surface area (Å²) in [6, 6.07) is 9.19. The van der Waals surface area contributed by atoms with E-state index in [9.17, 15) is 9.18 Å². The molecule has 3 aromatic rings. The van der Waals surface area contributed by atoms with Gasteiger partial charge in [-0.15, -0.1) is 11.3 Å². The number of urea groups is 1. The fourth-order valence-electron chi connectivity index (χ4n) is 3.42. The number of amides is 2. The zero-order valence-electron chi connectivity index (χ0n) is 16.3. The quantitative estimate of drug-likeness (QED) is 0.634. The highest BCUT2D eigenvalue weighted by Crippen LogP contribution is 2.38. The minimum absolute atomic E-state index is 0.229. The number of aromatic nitrogens is 2. The molecule has 0 spiro atoms. The molecule has 1 aliphatic rings. The van der Waals surface area contributed by atoms with Crippen LogP contribution < -0.4 is 5.32 Å². The van der Waals surface area contributed by atoms with Crippen LogP contribution in [0.4, 0.5) is 9.18 Å². The molecule has 0 bridgehead atoms. The second kappa shape index (κ2) is 7.79. The second-order valence-electron chi connectivity index (χ2n) is 7.34. The lowest BCUT2D eigenvalue weighted by Gasteiger charge is -2.36. The van der Waals surface area contributed by atoms with Gasteiger partial charge < -0.3 is 9.84 Å². The Hall–Kier alpha value is -3.00. The molecule has 1 aliphatic heterocycles. The molecule has 0 saturated heterocycles. The number of allylic oxidation sites excluding steroid dienone is 1. The number of rotatable bonds is 5. The molecule has 0 radical (unpaired) electrons. The summed E-state index contributed by atoms with van der Waals surface area (Å²) in [5.41, 5.74) is 2.01. The molecule has 2 aromatic heterocycles. The average molecular weight is 412 g/mol. The first-order valence-electron chi connectivity index (χ1n) is 9.36. The molecule has 1 unspecified atom stereocenters. The highest BCUT2D eigenvalue weighted by atomic mass is 32.1. The smallest absolute Gasteiger partial charge is 0.322 e. The predicted molar refractivity (Wildman–Crippen MR) is 109 cm³/mol. The van der Waals surface area contributed by atoms with E-state index in [1.54, 1.807) is 17.0 Å². The van der Waals surface area contributed by atoms with Gasteiger partial charge >= 0.3 is 6.03 Å². The minimum atomic E-state index is -0.585. The Morgan fingerprint density at radius 2 is 2.14 bits per heavy atom. The zero-order valence-corrected chi connectivity index (χ0v) is 17.2. The lowest BCUT2D eigenvalue weighted by atomic mass is 9.94. The van der Waals surface area contributed by atoms with Gasteiger partial charge in [-0.2, -0.15) is 4.98 Å². The lowest BCUT2D eigenvalue weighted by molar-refractivity contribution is 0.199. The van der Waals surface area contributed by atoms with Gasteiger partial charge in [-0.05, 0) is 42.0 Å². The standard InChI is InChI=1S/C21H21FN4O2S/c1-12(2)11-26-13(3)17(20-24-19(25-28-20)16-8-5-9-29-16)18(23-21(26)27)14-6-4-7-15(22)10-14/h4-10,12,18H,11H2,1-3H3,(H,23,27). The van der Waals surface area contributed by atoms with E-state index in [4.69, 9.17) is 4.52 Å². The van der Waals surface area contributed by atoms with Gasteiger partial charge in [0.15, 0.2) is 0 Å². The first-order chi connectivity index (χ1) is 13.9. The molecule has 1 aromatic carbocycles. The summed E-state index contributed by atoms with van der Waals surface area (Å²) in [4.78, 5) is 19.9. The van der Waals surface area contributed by atoms with E-state index in [1.165, 1.54) is 23.5 Å². The van der Waals surface area contributed by atoms with Crippen molar-refractivity contribution in [3.63, 3.8) is 0 Å². The maximum atomic E-state index is 13.9. The third-order valence-corrected chi connectivity index (χ3v) is 5.59. The molecule has 8 heteroatoms. The van der Waals surface area contributed by atoms with Crippen molar-refractivity contribution >= 4 is 22.9 Å². The molecular formula is C21H21FN4O2S. The molecule has 0 fully saturated rings.